The first-order valence-corrected chi connectivity index (χ1v) is 10.7. The highest BCUT2D eigenvalue weighted by Crippen LogP contribution is 2.25. The number of hydrogen-bond donors (Lipinski definition) is 3. The van der Waals surface area contributed by atoms with Crippen molar-refractivity contribution in [3.05, 3.63) is 82.8 Å². The lowest BCUT2D eigenvalue weighted by Gasteiger charge is -2.13. The van der Waals surface area contributed by atoms with Crippen LogP contribution in [0.2, 0.25) is 10.0 Å². The maximum absolute atomic E-state index is 12.5. The van der Waals surface area contributed by atoms with Crippen molar-refractivity contribution in [3.63, 3.8) is 0 Å². The maximum Gasteiger partial charge on any atom is 0.261 e. The molecule has 0 saturated carbocycles. The highest BCUT2D eigenvalue weighted by molar-refractivity contribution is 7.92. The van der Waals surface area contributed by atoms with Crippen molar-refractivity contribution in [1.29, 1.82) is 0 Å². The van der Waals surface area contributed by atoms with E-state index in [1.54, 1.807) is 48.5 Å². The number of hydrogen-bond acceptors (Lipinski definition) is 3. The number of sulfonamides is 1. The van der Waals surface area contributed by atoms with Gasteiger partial charge in [0.15, 0.2) is 5.11 Å². The lowest BCUT2D eigenvalue weighted by atomic mass is 10.3. The van der Waals surface area contributed by atoms with E-state index in [1.165, 1.54) is 12.1 Å². The van der Waals surface area contributed by atoms with Gasteiger partial charge in [-0.05, 0) is 60.7 Å². The molecule has 0 aliphatic carbocycles. The summed E-state index contributed by atoms with van der Waals surface area (Å²) in [5.74, 6) is 0. The Morgan fingerprint density at radius 3 is 1.86 bits per heavy atom. The molecule has 0 bridgehead atoms. The first kappa shape index (κ1) is 20.4. The number of para-hydroxylation sites is 2. The maximum atomic E-state index is 12.5. The van der Waals surface area contributed by atoms with Gasteiger partial charge in [0.2, 0.25) is 0 Å². The third-order valence-electron chi connectivity index (χ3n) is 3.66. The van der Waals surface area contributed by atoms with Gasteiger partial charge in [0, 0.05) is 5.69 Å². The largest absolute Gasteiger partial charge is 0.332 e. The van der Waals surface area contributed by atoms with E-state index in [2.05, 4.69) is 15.4 Å². The third kappa shape index (κ3) is 5.14. The lowest BCUT2D eigenvalue weighted by molar-refractivity contribution is 0.601. The smallest absolute Gasteiger partial charge is 0.261 e. The van der Waals surface area contributed by atoms with E-state index in [9.17, 15) is 8.42 Å². The predicted octanol–water partition coefficient (Wildman–Crippen LogP) is 5.60. The number of rotatable bonds is 5. The molecule has 0 aromatic heterocycles. The van der Waals surface area contributed by atoms with Crippen molar-refractivity contribution in [3.8, 4) is 0 Å². The van der Waals surface area contributed by atoms with Gasteiger partial charge in [-0.3, -0.25) is 4.72 Å². The van der Waals surface area contributed by atoms with Gasteiger partial charge in [-0.25, -0.2) is 8.42 Å². The van der Waals surface area contributed by atoms with Crippen LogP contribution < -0.4 is 15.4 Å². The summed E-state index contributed by atoms with van der Waals surface area (Å²) in [6.45, 7) is 0. The number of anilines is 3. The van der Waals surface area contributed by atoms with Gasteiger partial charge in [0.05, 0.1) is 26.3 Å². The van der Waals surface area contributed by atoms with Crippen LogP contribution in [-0.4, -0.2) is 13.5 Å². The quantitative estimate of drug-likeness (QED) is 0.440. The van der Waals surface area contributed by atoms with Crippen LogP contribution in [0.4, 0.5) is 17.1 Å². The lowest BCUT2D eigenvalue weighted by Crippen LogP contribution is -2.19. The molecule has 0 spiro atoms. The molecule has 0 unspecified atom stereocenters. The molecule has 5 nitrogen and oxygen atoms in total. The van der Waals surface area contributed by atoms with Gasteiger partial charge >= 0.3 is 0 Å². The van der Waals surface area contributed by atoms with Crippen molar-refractivity contribution in [2.24, 2.45) is 0 Å². The fourth-order valence-electron chi connectivity index (χ4n) is 2.31. The highest BCUT2D eigenvalue weighted by Gasteiger charge is 2.15. The average molecular weight is 452 g/mol. The van der Waals surface area contributed by atoms with Crippen LogP contribution in [0.1, 0.15) is 0 Å². The molecule has 0 radical (unpaired) electrons. The summed E-state index contributed by atoms with van der Waals surface area (Å²) in [5, 5.41) is 7.16. The summed E-state index contributed by atoms with van der Waals surface area (Å²) >= 11 is 17.4. The summed E-state index contributed by atoms with van der Waals surface area (Å²) < 4.78 is 27.5. The zero-order valence-corrected chi connectivity index (χ0v) is 17.5. The number of thiocarbonyl (C=S) groups is 1. The first-order valence-electron chi connectivity index (χ1n) is 8.05. The molecule has 3 rings (SSSR count). The van der Waals surface area contributed by atoms with Crippen molar-refractivity contribution < 1.29 is 8.42 Å². The van der Waals surface area contributed by atoms with E-state index in [0.29, 0.717) is 32.2 Å². The Labute approximate surface area is 178 Å². The molecule has 9 heteroatoms. The Bertz CT molecular complexity index is 1100. The van der Waals surface area contributed by atoms with Crippen molar-refractivity contribution in [2.75, 3.05) is 15.4 Å². The monoisotopic (exact) mass is 451 g/mol. The first-order chi connectivity index (χ1) is 13.3. The molecule has 0 aliphatic heterocycles. The summed E-state index contributed by atoms with van der Waals surface area (Å²) in [6.07, 6.45) is 0. The zero-order valence-electron chi connectivity index (χ0n) is 14.3. The van der Waals surface area contributed by atoms with E-state index in [-0.39, 0.29) is 4.90 Å². The minimum absolute atomic E-state index is 0.1000. The van der Waals surface area contributed by atoms with Gasteiger partial charge < -0.3 is 10.6 Å². The molecular formula is C19H15Cl2N3O2S2. The SMILES string of the molecule is O=S(=O)(Nc1ccccc1Cl)c1ccc(NC(=S)Nc2ccccc2Cl)cc1. The number of benzene rings is 3. The molecule has 3 aromatic carbocycles. The summed E-state index contributed by atoms with van der Waals surface area (Å²) in [7, 11) is -3.76. The highest BCUT2D eigenvalue weighted by atomic mass is 35.5. The second-order valence-electron chi connectivity index (χ2n) is 5.67. The van der Waals surface area contributed by atoms with Gasteiger partial charge in [0.25, 0.3) is 10.0 Å². The molecular weight excluding hydrogens is 437 g/mol. The van der Waals surface area contributed by atoms with Crippen molar-refractivity contribution >= 4 is 67.6 Å². The Morgan fingerprint density at radius 2 is 1.29 bits per heavy atom. The van der Waals surface area contributed by atoms with E-state index in [1.807, 2.05) is 12.1 Å². The van der Waals surface area contributed by atoms with E-state index < -0.39 is 10.0 Å². The van der Waals surface area contributed by atoms with Gasteiger partial charge in [-0.15, -0.1) is 0 Å². The Balaban J connectivity index is 1.68. The number of nitrogens with one attached hydrogen (secondary N) is 3. The third-order valence-corrected chi connectivity index (χ3v) is 5.91. The molecule has 3 aromatic rings. The van der Waals surface area contributed by atoms with E-state index >= 15 is 0 Å². The molecule has 0 amide bonds. The zero-order chi connectivity index (χ0) is 20.1. The van der Waals surface area contributed by atoms with Crippen molar-refractivity contribution in [2.45, 2.75) is 4.90 Å². The second-order valence-corrected chi connectivity index (χ2v) is 8.57. The van der Waals surface area contributed by atoms with Crippen LogP contribution in [0.15, 0.2) is 77.7 Å². The average Bonchev–Trinajstić information content (AvgIpc) is 2.66. The Kier molecular flexibility index (Phi) is 6.41. The molecule has 0 atom stereocenters. The van der Waals surface area contributed by atoms with Crippen LogP contribution in [-0.2, 0) is 10.0 Å². The van der Waals surface area contributed by atoms with Crippen LogP contribution in [0, 0.1) is 0 Å². The minimum atomic E-state index is -3.76. The van der Waals surface area contributed by atoms with E-state index in [4.69, 9.17) is 35.4 Å². The van der Waals surface area contributed by atoms with Crippen LogP contribution in [0.25, 0.3) is 0 Å². The Morgan fingerprint density at radius 1 is 0.750 bits per heavy atom. The summed E-state index contributed by atoms with van der Waals surface area (Å²) in [4.78, 5) is 0.1000. The molecule has 0 saturated heterocycles. The minimum Gasteiger partial charge on any atom is -0.332 e. The van der Waals surface area contributed by atoms with Crippen molar-refractivity contribution in [1.82, 2.24) is 0 Å². The second kappa shape index (κ2) is 8.79. The van der Waals surface area contributed by atoms with Gasteiger partial charge in [0.1, 0.15) is 0 Å². The standard InChI is InChI=1S/C19H15Cl2N3O2S2/c20-15-5-1-3-7-17(15)23-19(27)22-13-9-11-14(12-10-13)28(25,26)24-18-8-4-2-6-16(18)21/h1-12,24H,(H2,22,23,27). The van der Waals surface area contributed by atoms with Crippen LogP contribution in [0.3, 0.4) is 0 Å². The molecule has 0 aliphatic rings. The molecule has 144 valence electrons. The summed E-state index contributed by atoms with van der Waals surface area (Å²) in [5.41, 5.74) is 1.61. The number of halogens is 2. The fraction of sp³-hybridized carbons (Fsp3) is 0. The van der Waals surface area contributed by atoms with Gasteiger partial charge in [-0.1, -0.05) is 47.5 Å². The van der Waals surface area contributed by atoms with E-state index in [0.717, 1.165) is 0 Å². The molecule has 0 heterocycles. The molecule has 3 N–H and O–H groups in total. The molecule has 0 fully saturated rings. The Hall–Kier alpha value is -2.32. The normalized spacial score (nSPS) is 10.9. The topological polar surface area (TPSA) is 70.2 Å². The fourth-order valence-corrected chi connectivity index (χ4v) is 4.04. The van der Waals surface area contributed by atoms with Gasteiger partial charge in [-0.2, -0.15) is 0 Å². The van der Waals surface area contributed by atoms with Crippen LogP contribution in [0.5, 0.6) is 0 Å². The van der Waals surface area contributed by atoms with Crippen LogP contribution >= 0.6 is 35.4 Å². The predicted molar refractivity (Wildman–Crippen MR) is 120 cm³/mol. The summed E-state index contributed by atoms with van der Waals surface area (Å²) in [6, 6.07) is 20.0. The molecule has 28 heavy (non-hydrogen) atoms.